The Balaban J connectivity index is 1.53. The van der Waals surface area contributed by atoms with Crippen LogP contribution in [0.5, 0.6) is 0 Å². The van der Waals surface area contributed by atoms with Crippen LogP contribution < -0.4 is 11.1 Å². The molecule has 4 saturated carbocycles. The zero-order valence-electron chi connectivity index (χ0n) is 13.6. The van der Waals surface area contributed by atoms with Gasteiger partial charge in [-0.3, -0.25) is 0 Å². The van der Waals surface area contributed by atoms with Crippen molar-refractivity contribution in [1.29, 1.82) is 0 Å². The molecule has 20 heavy (non-hydrogen) atoms. The molecular weight excluding hydrogens is 244 g/mol. The van der Waals surface area contributed by atoms with Gasteiger partial charge < -0.3 is 11.1 Å². The molecule has 4 aliphatic rings. The van der Waals surface area contributed by atoms with Crippen LogP contribution in [0.2, 0.25) is 0 Å². The summed E-state index contributed by atoms with van der Waals surface area (Å²) in [5, 5.41) is 4.02. The fourth-order valence-electron chi connectivity index (χ4n) is 6.62. The summed E-state index contributed by atoms with van der Waals surface area (Å²) in [6, 6.07) is 0. The molecule has 2 nitrogen and oxygen atoms in total. The zero-order valence-corrected chi connectivity index (χ0v) is 13.6. The van der Waals surface area contributed by atoms with Gasteiger partial charge in [0.1, 0.15) is 0 Å². The van der Waals surface area contributed by atoms with Crippen molar-refractivity contribution in [3.8, 4) is 0 Å². The van der Waals surface area contributed by atoms with Crippen molar-refractivity contribution in [3.05, 3.63) is 0 Å². The van der Waals surface area contributed by atoms with Crippen LogP contribution in [0.1, 0.15) is 78.1 Å². The molecule has 0 saturated heterocycles. The van der Waals surface area contributed by atoms with Crippen LogP contribution in [0.4, 0.5) is 0 Å². The van der Waals surface area contributed by atoms with E-state index in [1.807, 2.05) is 0 Å². The molecule has 0 aromatic carbocycles. The summed E-state index contributed by atoms with van der Waals surface area (Å²) in [6.45, 7) is 7.21. The average molecular weight is 278 g/mol. The second-order valence-electron chi connectivity index (χ2n) is 9.04. The molecule has 2 atom stereocenters. The van der Waals surface area contributed by atoms with Crippen LogP contribution in [-0.4, -0.2) is 18.6 Å². The third-order valence-electron chi connectivity index (χ3n) is 6.26. The lowest BCUT2D eigenvalue weighted by molar-refractivity contribution is -0.117. The Labute approximate surface area is 125 Å². The number of nitrogens with two attached hydrogens (primary N) is 1. The number of hydrogen-bond donors (Lipinski definition) is 2. The van der Waals surface area contributed by atoms with Gasteiger partial charge in [-0.15, -0.1) is 0 Å². The van der Waals surface area contributed by atoms with Crippen LogP contribution >= 0.6 is 0 Å². The highest BCUT2D eigenvalue weighted by atomic mass is 15.0. The molecule has 0 aliphatic heterocycles. The van der Waals surface area contributed by atoms with E-state index < -0.39 is 0 Å². The van der Waals surface area contributed by atoms with E-state index in [4.69, 9.17) is 5.73 Å². The lowest BCUT2D eigenvalue weighted by atomic mass is 9.43. The number of hydrogen-bond acceptors (Lipinski definition) is 2. The van der Waals surface area contributed by atoms with Crippen molar-refractivity contribution in [2.75, 3.05) is 13.1 Å². The van der Waals surface area contributed by atoms with E-state index in [2.05, 4.69) is 19.2 Å². The Hall–Kier alpha value is -0.0800. The maximum Gasteiger partial charge on any atom is 0.0194 e. The van der Waals surface area contributed by atoms with Gasteiger partial charge >= 0.3 is 0 Å². The predicted molar refractivity (Wildman–Crippen MR) is 85.7 cm³/mol. The van der Waals surface area contributed by atoms with Crippen molar-refractivity contribution in [1.82, 2.24) is 5.32 Å². The monoisotopic (exact) mass is 278 g/mol. The van der Waals surface area contributed by atoms with Crippen molar-refractivity contribution < 1.29 is 0 Å². The number of rotatable bonds is 7. The van der Waals surface area contributed by atoms with E-state index in [1.165, 1.54) is 70.8 Å². The smallest absolute Gasteiger partial charge is 0.0194 e. The Morgan fingerprint density at radius 1 is 0.900 bits per heavy atom. The maximum absolute atomic E-state index is 5.56. The quantitative estimate of drug-likeness (QED) is 0.694. The highest BCUT2D eigenvalue weighted by Gasteiger charge is 2.59. The average Bonchev–Trinajstić information content (AvgIpc) is 2.29. The van der Waals surface area contributed by atoms with Gasteiger partial charge in [-0.05, 0) is 81.2 Å². The van der Waals surface area contributed by atoms with E-state index in [0.29, 0.717) is 16.4 Å². The third-order valence-corrected chi connectivity index (χ3v) is 6.26. The minimum Gasteiger partial charge on any atom is -0.330 e. The standard InChI is InChI=1S/C18H34N2/c1-16-9-15-10-17(2,12-16)14-18(11-15,13-16)20-8-6-4-3-5-7-19/h15,20H,3-14,19H2,1-2H3. The molecule has 4 fully saturated rings. The summed E-state index contributed by atoms with van der Waals surface area (Å²) in [7, 11) is 0. The van der Waals surface area contributed by atoms with Crippen LogP contribution in [0.25, 0.3) is 0 Å². The Bertz CT molecular complexity index is 333. The molecule has 4 bridgehead atoms. The van der Waals surface area contributed by atoms with Gasteiger partial charge in [-0.2, -0.15) is 0 Å². The fourth-order valence-corrected chi connectivity index (χ4v) is 6.62. The molecule has 0 spiro atoms. The van der Waals surface area contributed by atoms with Gasteiger partial charge in [-0.25, -0.2) is 0 Å². The molecule has 116 valence electrons. The van der Waals surface area contributed by atoms with Crippen molar-refractivity contribution in [3.63, 3.8) is 0 Å². The second-order valence-corrected chi connectivity index (χ2v) is 9.04. The van der Waals surface area contributed by atoms with Gasteiger partial charge in [0.2, 0.25) is 0 Å². The highest BCUT2D eigenvalue weighted by molar-refractivity contribution is 5.14. The topological polar surface area (TPSA) is 38.0 Å². The van der Waals surface area contributed by atoms with E-state index in [9.17, 15) is 0 Å². The first-order chi connectivity index (χ1) is 9.47. The molecule has 4 rings (SSSR count). The fraction of sp³-hybridized carbons (Fsp3) is 1.00. The molecule has 0 amide bonds. The molecule has 4 aliphatic carbocycles. The summed E-state index contributed by atoms with van der Waals surface area (Å²) >= 11 is 0. The van der Waals surface area contributed by atoms with Crippen LogP contribution in [-0.2, 0) is 0 Å². The third kappa shape index (κ3) is 2.92. The first-order valence-electron chi connectivity index (χ1n) is 8.92. The maximum atomic E-state index is 5.56. The SMILES string of the molecule is CC12CC3CC(C)(C1)CC(NCCCCCCN)(C3)C2. The van der Waals surface area contributed by atoms with Gasteiger partial charge in [0.25, 0.3) is 0 Å². The first kappa shape index (κ1) is 14.8. The lowest BCUT2D eigenvalue weighted by Crippen LogP contribution is -2.64. The summed E-state index contributed by atoms with van der Waals surface area (Å²) in [5.41, 5.74) is 7.34. The number of unbranched alkanes of at least 4 members (excludes halogenated alkanes) is 3. The summed E-state index contributed by atoms with van der Waals surface area (Å²) in [5.74, 6) is 1.01. The Morgan fingerprint density at radius 3 is 2.15 bits per heavy atom. The molecule has 3 N–H and O–H groups in total. The molecule has 2 unspecified atom stereocenters. The van der Waals surface area contributed by atoms with Crippen molar-refractivity contribution in [2.24, 2.45) is 22.5 Å². The second kappa shape index (κ2) is 5.28. The van der Waals surface area contributed by atoms with Crippen LogP contribution in [0, 0.1) is 16.7 Å². The molecule has 2 heteroatoms. The van der Waals surface area contributed by atoms with E-state index >= 15 is 0 Å². The molecule has 0 radical (unpaired) electrons. The van der Waals surface area contributed by atoms with Gasteiger partial charge in [-0.1, -0.05) is 26.7 Å². The van der Waals surface area contributed by atoms with E-state index in [1.54, 1.807) is 0 Å². The summed E-state index contributed by atoms with van der Waals surface area (Å²) < 4.78 is 0. The van der Waals surface area contributed by atoms with Gasteiger partial charge in [0.15, 0.2) is 0 Å². The minimum atomic E-state index is 0.497. The van der Waals surface area contributed by atoms with E-state index in [-0.39, 0.29) is 0 Å². The minimum absolute atomic E-state index is 0.497. The Morgan fingerprint density at radius 2 is 1.55 bits per heavy atom. The Kier molecular flexibility index (Phi) is 3.92. The molecule has 0 heterocycles. The lowest BCUT2D eigenvalue weighted by Gasteiger charge is -2.65. The van der Waals surface area contributed by atoms with Crippen molar-refractivity contribution >= 4 is 0 Å². The van der Waals surface area contributed by atoms with Crippen LogP contribution in [0.3, 0.4) is 0 Å². The largest absolute Gasteiger partial charge is 0.330 e. The first-order valence-corrected chi connectivity index (χ1v) is 8.92. The summed E-state index contributed by atoms with van der Waals surface area (Å²) in [6.07, 6.45) is 14.0. The van der Waals surface area contributed by atoms with Gasteiger partial charge in [0, 0.05) is 5.54 Å². The van der Waals surface area contributed by atoms with E-state index in [0.717, 1.165) is 12.5 Å². The van der Waals surface area contributed by atoms with Crippen LogP contribution in [0.15, 0.2) is 0 Å². The highest BCUT2D eigenvalue weighted by Crippen LogP contribution is 2.66. The van der Waals surface area contributed by atoms with Gasteiger partial charge in [0.05, 0.1) is 0 Å². The molecule has 0 aromatic heterocycles. The number of nitrogens with one attached hydrogen (secondary N) is 1. The zero-order chi connectivity index (χ0) is 14.3. The molecular formula is C18H34N2. The summed E-state index contributed by atoms with van der Waals surface area (Å²) in [4.78, 5) is 0. The normalized spacial score (nSPS) is 46.0. The predicted octanol–water partition coefficient (Wildman–Crippen LogP) is 3.84. The van der Waals surface area contributed by atoms with Crippen molar-refractivity contribution in [2.45, 2.75) is 83.6 Å². The molecule has 0 aromatic rings.